The number of carbonyl (C=O) groups excluding carboxylic acids is 2. The van der Waals surface area contributed by atoms with Crippen LogP contribution in [0.25, 0.3) is 0 Å². The van der Waals surface area contributed by atoms with Gasteiger partial charge in [0.05, 0.1) is 0 Å². The third-order valence-corrected chi connectivity index (χ3v) is 6.70. The van der Waals surface area contributed by atoms with E-state index in [1.54, 1.807) is 0 Å². The molecule has 0 radical (unpaired) electrons. The summed E-state index contributed by atoms with van der Waals surface area (Å²) in [6, 6.07) is -0.243. The topological polar surface area (TPSA) is 52.7 Å². The molecule has 1 saturated carbocycles. The molecule has 0 aromatic heterocycles. The predicted molar refractivity (Wildman–Crippen MR) is 99.2 cm³/mol. The lowest BCUT2D eigenvalue weighted by molar-refractivity contribution is -0.172. The number of carbonyl (C=O) groups is 2. The van der Waals surface area contributed by atoms with Gasteiger partial charge in [-0.15, -0.1) is 0 Å². The van der Waals surface area contributed by atoms with Gasteiger partial charge in [-0.3, -0.25) is 9.59 Å². The number of amides is 2. The lowest BCUT2D eigenvalue weighted by Gasteiger charge is -2.53. The average Bonchev–Trinajstić information content (AvgIpc) is 2.65. The second-order valence-corrected chi connectivity index (χ2v) is 8.30. The van der Waals surface area contributed by atoms with E-state index >= 15 is 0 Å². The van der Waals surface area contributed by atoms with Crippen LogP contribution in [0.15, 0.2) is 0 Å². The Labute approximate surface area is 152 Å². The lowest BCUT2D eigenvalue weighted by atomic mass is 9.78. The summed E-state index contributed by atoms with van der Waals surface area (Å²) in [5.74, 6) is 1.00. The van der Waals surface area contributed by atoms with Crippen LogP contribution in [0.5, 0.6) is 0 Å². The highest BCUT2D eigenvalue weighted by molar-refractivity contribution is 5.99. The zero-order valence-electron chi connectivity index (χ0n) is 16.1. The lowest BCUT2D eigenvalue weighted by Crippen LogP contribution is -2.73. The highest BCUT2D eigenvalue weighted by Gasteiger charge is 2.55. The summed E-state index contributed by atoms with van der Waals surface area (Å²) in [4.78, 5) is 30.6. The Morgan fingerprint density at radius 2 is 1.80 bits per heavy atom. The van der Waals surface area contributed by atoms with Crippen molar-refractivity contribution in [3.05, 3.63) is 0 Å². The maximum absolute atomic E-state index is 13.4. The first-order valence-electron chi connectivity index (χ1n) is 10.4. The molecule has 5 heteroatoms. The summed E-state index contributed by atoms with van der Waals surface area (Å²) in [6.45, 7) is 4.53. The van der Waals surface area contributed by atoms with Crippen LogP contribution in [-0.4, -0.2) is 59.9 Å². The van der Waals surface area contributed by atoms with Crippen molar-refractivity contribution in [2.75, 3.05) is 26.7 Å². The van der Waals surface area contributed by atoms with Gasteiger partial charge in [-0.1, -0.05) is 45.4 Å². The van der Waals surface area contributed by atoms with Crippen LogP contribution in [0.4, 0.5) is 0 Å². The van der Waals surface area contributed by atoms with E-state index < -0.39 is 5.54 Å². The van der Waals surface area contributed by atoms with E-state index in [-0.39, 0.29) is 17.9 Å². The molecule has 25 heavy (non-hydrogen) atoms. The van der Waals surface area contributed by atoms with Gasteiger partial charge in [0.1, 0.15) is 11.6 Å². The molecule has 3 aliphatic rings. The van der Waals surface area contributed by atoms with Gasteiger partial charge in [0.2, 0.25) is 11.8 Å². The zero-order valence-corrected chi connectivity index (χ0v) is 16.1. The van der Waals surface area contributed by atoms with Gasteiger partial charge in [-0.05, 0) is 44.7 Å². The molecule has 1 aliphatic carbocycles. The Morgan fingerprint density at radius 1 is 1.12 bits per heavy atom. The van der Waals surface area contributed by atoms with Crippen LogP contribution in [0.3, 0.4) is 0 Å². The van der Waals surface area contributed by atoms with E-state index in [2.05, 4.69) is 12.2 Å². The summed E-state index contributed by atoms with van der Waals surface area (Å²) < 4.78 is 0. The van der Waals surface area contributed by atoms with Crippen LogP contribution in [0, 0.1) is 5.92 Å². The Morgan fingerprint density at radius 3 is 2.44 bits per heavy atom. The van der Waals surface area contributed by atoms with Gasteiger partial charge in [0.15, 0.2) is 0 Å². The predicted octanol–water partition coefficient (Wildman–Crippen LogP) is 2.55. The third-order valence-electron chi connectivity index (χ3n) is 6.70. The van der Waals surface area contributed by atoms with Crippen molar-refractivity contribution < 1.29 is 9.59 Å². The fourth-order valence-electron chi connectivity index (χ4n) is 5.10. The van der Waals surface area contributed by atoms with E-state index in [1.807, 2.05) is 16.8 Å². The monoisotopic (exact) mass is 349 g/mol. The highest BCUT2D eigenvalue weighted by Crippen LogP contribution is 2.37. The van der Waals surface area contributed by atoms with Crippen LogP contribution < -0.4 is 5.32 Å². The minimum atomic E-state index is -0.588. The molecule has 0 bridgehead atoms. The molecule has 1 atom stereocenters. The summed E-state index contributed by atoms with van der Waals surface area (Å²) >= 11 is 0. The fourth-order valence-corrected chi connectivity index (χ4v) is 5.10. The first-order chi connectivity index (χ1) is 12.1. The van der Waals surface area contributed by atoms with Crippen molar-refractivity contribution in [1.29, 1.82) is 0 Å². The molecule has 2 amide bonds. The van der Waals surface area contributed by atoms with Gasteiger partial charge in [0.25, 0.3) is 0 Å². The Hall–Kier alpha value is -1.10. The number of likely N-dealkylation sites (N-methyl/N-ethyl adjacent to an activating group) is 1. The first-order valence-corrected chi connectivity index (χ1v) is 10.4. The number of rotatable bonds is 5. The Bertz CT molecular complexity index is 481. The first kappa shape index (κ1) is 18.7. The molecule has 0 unspecified atom stereocenters. The largest absolute Gasteiger partial charge is 0.332 e. The molecule has 1 spiro atoms. The summed E-state index contributed by atoms with van der Waals surface area (Å²) in [7, 11) is 1.87. The highest BCUT2D eigenvalue weighted by atomic mass is 16.2. The Kier molecular flexibility index (Phi) is 6.03. The molecule has 0 aromatic rings. The minimum Gasteiger partial charge on any atom is -0.332 e. The Balaban J connectivity index is 1.82. The van der Waals surface area contributed by atoms with Crippen molar-refractivity contribution in [3.8, 4) is 0 Å². The van der Waals surface area contributed by atoms with E-state index in [0.717, 1.165) is 51.7 Å². The molecule has 2 heterocycles. The molecule has 3 fully saturated rings. The zero-order chi connectivity index (χ0) is 17.9. The molecule has 0 aromatic carbocycles. The molecule has 2 aliphatic heterocycles. The SMILES string of the molecule is CCCCN1C(=O)[C@H](CC2CCCCC2)N(C)C(=O)C12CCNCC2. The maximum Gasteiger partial charge on any atom is 0.249 e. The molecule has 5 nitrogen and oxygen atoms in total. The summed E-state index contributed by atoms with van der Waals surface area (Å²) in [5.41, 5.74) is -0.588. The molecule has 142 valence electrons. The van der Waals surface area contributed by atoms with E-state index in [9.17, 15) is 9.59 Å². The van der Waals surface area contributed by atoms with Gasteiger partial charge in [0, 0.05) is 13.6 Å². The number of nitrogens with zero attached hydrogens (tertiary/aromatic N) is 2. The van der Waals surface area contributed by atoms with Crippen molar-refractivity contribution >= 4 is 11.8 Å². The van der Waals surface area contributed by atoms with Crippen molar-refractivity contribution in [3.63, 3.8) is 0 Å². The maximum atomic E-state index is 13.4. The quantitative estimate of drug-likeness (QED) is 0.830. The summed E-state index contributed by atoms with van der Waals surface area (Å²) in [6.07, 6.45) is 10.7. The van der Waals surface area contributed by atoms with Crippen molar-refractivity contribution in [2.24, 2.45) is 5.92 Å². The number of piperidine rings is 1. The van der Waals surface area contributed by atoms with Gasteiger partial charge < -0.3 is 15.1 Å². The second-order valence-electron chi connectivity index (χ2n) is 8.30. The van der Waals surface area contributed by atoms with Crippen LogP contribution in [-0.2, 0) is 9.59 Å². The van der Waals surface area contributed by atoms with Crippen molar-refractivity contribution in [2.45, 2.75) is 82.7 Å². The fraction of sp³-hybridized carbons (Fsp3) is 0.900. The summed E-state index contributed by atoms with van der Waals surface area (Å²) in [5, 5.41) is 3.35. The minimum absolute atomic E-state index is 0.186. The molecule has 2 saturated heterocycles. The number of hydrogen-bond acceptors (Lipinski definition) is 3. The van der Waals surface area contributed by atoms with Gasteiger partial charge >= 0.3 is 0 Å². The normalized spacial score (nSPS) is 28.0. The van der Waals surface area contributed by atoms with Crippen molar-refractivity contribution in [1.82, 2.24) is 15.1 Å². The van der Waals surface area contributed by atoms with Crippen LogP contribution in [0.2, 0.25) is 0 Å². The molecule has 3 rings (SSSR count). The number of hydrogen-bond donors (Lipinski definition) is 1. The van der Waals surface area contributed by atoms with E-state index in [0.29, 0.717) is 5.92 Å². The number of nitrogens with one attached hydrogen (secondary N) is 1. The number of piperazine rings is 1. The van der Waals surface area contributed by atoms with Crippen LogP contribution >= 0.6 is 0 Å². The molecular weight excluding hydrogens is 314 g/mol. The van der Waals surface area contributed by atoms with E-state index in [4.69, 9.17) is 0 Å². The average molecular weight is 350 g/mol. The second kappa shape index (κ2) is 8.07. The van der Waals surface area contributed by atoms with E-state index in [1.165, 1.54) is 32.1 Å². The smallest absolute Gasteiger partial charge is 0.249 e. The van der Waals surface area contributed by atoms with Gasteiger partial charge in [-0.25, -0.2) is 0 Å². The van der Waals surface area contributed by atoms with Gasteiger partial charge in [-0.2, -0.15) is 0 Å². The number of unbranched alkanes of at least 4 members (excludes halogenated alkanes) is 1. The molecular formula is C20H35N3O2. The molecule has 1 N–H and O–H groups in total. The standard InChI is InChI=1S/C20H35N3O2/c1-3-4-14-23-18(24)17(15-16-8-6-5-7-9-16)22(2)19(25)20(23)10-12-21-13-11-20/h16-17,21H,3-15H2,1-2H3/t17-/m0/s1. The van der Waals surface area contributed by atoms with Crippen LogP contribution in [0.1, 0.15) is 71.1 Å². The third kappa shape index (κ3) is 3.57.